The van der Waals surface area contributed by atoms with Gasteiger partial charge in [0.05, 0.1) is 0 Å². The largest absolute Gasteiger partial charge is 0.348 e. The second kappa shape index (κ2) is 7.98. The number of nitrogens with one attached hydrogen (secondary N) is 1. The highest BCUT2D eigenvalue weighted by atomic mass is 127. The van der Waals surface area contributed by atoms with Crippen molar-refractivity contribution in [2.75, 3.05) is 19.6 Å². The van der Waals surface area contributed by atoms with Crippen LogP contribution in [0.25, 0.3) is 5.69 Å². The quantitative estimate of drug-likeness (QED) is 0.577. The molecule has 1 aromatic carbocycles. The van der Waals surface area contributed by atoms with Crippen LogP contribution in [-0.4, -0.2) is 41.1 Å². The van der Waals surface area contributed by atoms with E-state index in [9.17, 15) is 4.79 Å². The Morgan fingerprint density at radius 3 is 2.79 bits per heavy atom. The molecule has 1 aromatic heterocycles. The minimum absolute atomic E-state index is 0.000955. The predicted octanol–water partition coefficient (Wildman–Crippen LogP) is 3.46. The van der Waals surface area contributed by atoms with Crippen molar-refractivity contribution in [1.29, 1.82) is 0 Å². The molecule has 24 heavy (non-hydrogen) atoms. The Morgan fingerprint density at radius 1 is 1.29 bits per heavy atom. The van der Waals surface area contributed by atoms with Crippen molar-refractivity contribution in [2.24, 2.45) is 0 Å². The van der Waals surface area contributed by atoms with Gasteiger partial charge in [-0.2, -0.15) is 0 Å². The van der Waals surface area contributed by atoms with Gasteiger partial charge in [0.2, 0.25) is 0 Å². The minimum atomic E-state index is 0.000955. The van der Waals surface area contributed by atoms with Gasteiger partial charge in [-0.05, 0) is 65.8 Å². The van der Waals surface area contributed by atoms with Crippen LogP contribution in [0.4, 0.5) is 0 Å². The van der Waals surface area contributed by atoms with Crippen LogP contribution in [-0.2, 0) is 0 Å². The third-order valence-electron chi connectivity index (χ3n) is 4.38. The first kappa shape index (κ1) is 17.2. The number of carbonyl (C=O) groups excluding carboxylic acids is 1. The van der Waals surface area contributed by atoms with E-state index in [4.69, 9.17) is 0 Å². The van der Waals surface area contributed by atoms with Crippen LogP contribution in [0.15, 0.2) is 55.3 Å². The number of piperidine rings is 1. The Kier molecular flexibility index (Phi) is 5.73. The van der Waals surface area contributed by atoms with E-state index >= 15 is 0 Å². The molecule has 1 amide bonds. The Morgan fingerprint density at radius 2 is 2.08 bits per heavy atom. The van der Waals surface area contributed by atoms with Gasteiger partial charge in [-0.3, -0.25) is 9.69 Å². The second-order valence-electron chi connectivity index (χ2n) is 6.08. The van der Waals surface area contributed by atoms with Gasteiger partial charge in [0.1, 0.15) is 5.69 Å². The van der Waals surface area contributed by atoms with Crippen LogP contribution < -0.4 is 5.32 Å². The number of amides is 1. The summed E-state index contributed by atoms with van der Waals surface area (Å²) in [5.41, 5.74) is 1.70. The standard InChI is InChI=1S/C19H22IN3O/c1-2-10-22-12-8-16(9-13-22)21-19(24)18-7-4-11-23(18)17-6-3-5-15(20)14-17/h2-7,11,14,16H,1,8-10,12-13H2,(H,21,24). The van der Waals surface area contributed by atoms with Crippen LogP contribution in [0.5, 0.6) is 0 Å². The maximum absolute atomic E-state index is 12.7. The van der Waals surface area contributed by atoms with E-state index in [0.29, 0.717) is 5.69 Å². The molecule has 0 bridgehead atoms. The smallest absolute Gasteiger partial charge is 0.268 e. The molecule has 5 heteroatoms. The Balaban J connectivity index is 1.67. The maximum atomic E-state index is 12.7. The average Bonchev–Trinajstić information content (AvgIpc) is 3.07. The molecule has 3 rings (SSSR count). The number of hydrogen-bond acceptors (Lipinski definition) is 2. The van der Waals surface area contributed by atoms with Crippen molar-refractivity contribution in [2.45, 2.75) is 18.9 Å². The fourth-order valence-electron chi connectivity index (χ4n) is 3.12. The van der Waals surface area contributed by atoms with E-state index in [1.54, 1.807) is 0 Å². The van der Waals surface area contributed by atoms with Crippen molar-refractivity contribution in [3.05, 3.63) is 64.5 Å². The molecular formula is C19H22IN3O. The number of carbonyl (C=O) groups is 1. The molecule has 0 aliphatic carbocycles. The van der Waals surface area contributed by atoms with Gasteiger partial charge in [0.15, 0.2) is 0 Å². The van der Waals surface area contributed by atoms with Crippen LogP contribution in [0.3, 0.4) is 0 Å². The van der Waals surface area contributed by atoms with E-state index in [1.165, 1.54) is 0 Å². The molecule has 0 radical (unpaired) electrons. The molecule has 1 N–H and O–H groups in total. The van der Waals surface area contributed by atoms with Gasteiger partial charge >= 0.3 is 0 Å². The number of aromatic nitrogens is 1. The first-order valence-electron chi connectivity index (χ1n) is 8.25. The molecule has 2 aromatic rings. The lowest BCUT2D eigenvalue weighted by Crippen LogP contribution is -2.44. The van der Waals surface area contributed by atoms with Gasteiger partial charge in [0.25, 0.3) is 5.91 Å². The molecule has 0 unspecified atom stereocenters. The van der Waals surface area contributed by atoms with E-state index in [2.05, 4.69) is 45.5 Å². The zero-order valence-electron chi connectivity index (χ0n) is 13.6. The zero-order valence-corrected chi connectivity index (χ0v) is 15.8. The van der Waals surface area contributed by atoms with Crippen molar-refractivity contribution >= 4 is 28.5 Å². The van der Waals surface area contributed by atoms with Crippen LogP contribution >= 0.6 is 22.6 Å². The van der Waals surface area contributed by atoms with Gasteiger partial charge < -0.3 is 9.88 Å². The summed E-state index contributed by atoms with van der Waals surface area (Å²) in [6.45, 7) is 6.73. The molecule has 126 valence electrons. The number of rotatable bonds is 5. The molecule has 4 nitrogen and oxygen atoms in total. The molecule has 1 fully saturated rings. The fraction of sp³-hybridized carbons (Fsp3) is 0.316. The summed E-state index contributed by atoms with van der Waals surface area (Å²) in [5, 5.41) is 3.19. The summed E-state index contributed by atoms with van der Waals surface area (Å²) in [7, 11) is 0. The van der Waals surface area contributed by atoms with Gasteiger partial charge in [-0.1, -0.05) is 12.1 Å². The lowest BCUT2D eigenvalue weighted by molar-refractivity contribution is 0.0907. The lowest BCUT2D eigenvalue weighted by atomic mass is 10.0. The van der Waals surface area contributed by atoms with E-state index in [-0.39, 0.29) is 11.9 Å². The minimum Gasteiger partial charge on any atom is -0.348 e. The van der Waals surface area contributed by atoms with Crippen LogP contribution in [0.1, 0.15) is 23.3 Å². The van der Waals surface area contributed by atoms with Gasteiger partial charge in [-0.15, -0.1) is 6.58 Å². The molecule has 0 saturated carbocycles. The Hall–Kier alpha value is -1.60. The Labute approximate surface area is 156 Å². The summed E-state index contributed by atoms with van der Waals surface area (Å²) in [6, 6.07) is 12.2. The third kappa shape index (κ3) is 4.08. The van der Waals surface area contributed by atoms with E-state index < -0.39 is 0 Å². The SMILES string of the molecule is C=CCN1CCC(NC(=O)c2cccn2-c2cccc(I)c2)CC1. The first-order valence-corrected chi connectivity index (χ1v) is 9.32. The molecule has 1 aliphatic heterocycles. The number of halogens is 1. The highest BCUT2D eigenvalue weighted by molar-refractivity contribution is 14.1. The number of likely N-dealkylation sites (tertiary alicyclic amines) is 1. The molecule has 0 atom stereocenters. The average molecular weight is 435 g/mol. The van der Waals surface area contributed by atoms with Crippen LogP contribution in [0.2, 0.25) is 0 Å². The monoisotopic (exact) mass is 435 g/mol. The normalized spacial score (nSPS) is 16.0. The van der Waals surface area contributed by atoms with Crippen molar-refractivity contribution in [1.82, 2.24) is 14.8 Å². The Bertz CT molecular complexity index is 717. The summed E-state index contributed by atoms with van der Waals surface area (Å²) < 4.78 is 3.10. The topological polar surface area (TPSA) is 37.3 Å². The van der Waals surface area contributed by atoms with E-state index in [1.807, 2.05) is 47.2 Å². The molecule has 1 aliphatic rings. The number of benzene rings is 1. The summed E-state index contributed by atoms with van der Waals surface area (Å²) in [4.78, 5) is 15.1. The summed E-state index contributed by atoms with van der Waals surface area (Å²) >= 11 is 2.29. The van der Waals surface area contributed by atoms with Gasteiger partial charge in [-0.25, -0.2) is 0 Å². The van der Waals surface area contributed by atoms with Crippen LogP contribution in [0, 0.1) is 3.57 Å². The number of hydrogen-bond donors (Lipinski definition) is 1. The van der Waals surface area contributed by atoms with Gasteiger partial charge in [0, 0.05) is 41.1 Å². The molecule has 0 spiro atoms. The predicted molar refractivity (Wildman–Crippen MR) is 106 cm³/mol. The number of nitrogens with zero attached hydrogens (tertiary/aromatic N) is 2. The fourth-order valence-corrected chi connectivity index (χ4v) is 3.65. The maximum Gasteiger partial charge on any atom is 0.268 e. The highest BCUT2D eigenvalue weighted by Gasteiger charge is 2.21. The summed E-state index contributed by atoms with van der Waals surface area (Å²) in [6.07, 6.45) is 5.85. The zero-order chi connectivity index (χ0) is 16.9. The highest BCUT2D eigenvalue weighted by Crippen LogP contribution is 2.17. The van der Waals surface area contributed by atoms with Crippen molar-refractivity contribution in [3.8, 4) is 5.69 Å². The van der Waals surface area contributed by atoms with Crippen molar-refractivity contribution < 1.29 is 4.79 Å². The summed E-state index contributed by atoms with van der Waals surface area (Å²) in [5.74, 6) is 0.000955. The second-order valence-corrected chi connectivity index (χ2v) is 7.33. The first-order chi connectivity index (χ1) is 11.7. The molecule has 1 saturated heterocycles. The molecular weight excluding hydrogens is 413 g/mol. The van der Waals surface area contributed by atoms with E-state index in [0.717, 1.165) is 41.7 Å². The molecule has 2 heterocycles. The third-order valence-corrected chi connectivity index (χ3v) is 5.05. The lowest BCUT2D eigenvalue weighted by Gasteiger charge is -2.31. The van der Waals surface area contributed by atoms with Crippen molar-refractivity contribution in [3.63, 3.8) is 0 Å².